The number of rotatable bonds is 6. The monoisotopic (exact) mass is 339 g/mol. The van der Waals surface area contributed by atoms with Crippen LogP contribution in [0.2, 0.25) is 0 Å². The molecule has 0 saturated carbocycles. The summed E-state index contributed by atoms with van der Waals surface area (Å²) >= 11 is 0. The van der Waals surface area contributed by atoms with Gasteiger partial charge in [-0.2, -0.15) is 0 Å². The lowest BCUT2D eigenvalue weighted by molar-refractivity contribution is 0.0728. The first-order valence-electron chi connectivity index (χ1n) is 8.30. The Morgan fingerprint density at radius 2 is 2.00 bits per heavy atom. The molecule has 2 N–H and O–H groups in total. The van der Waals surface area contributed by atoms with Crippen molar-refractivity contribution in [3.05, 3.63) is 65.5 Å². The van der Waals surface area contributed by atoms with Gasteiger partial charge in [0, 0.05) is 25.2 Å². The number of hydrogen-bond acceptors (Lipinski definition) is 4. The Balaban J connectivity index is 1.48. The molecule has 1 aliphatic rings. The number of carbonyl (C=O) groups excluding carboxylic acids is 2. The zero-order valence-corrected chi connectivity index (χ0v) is 13.9. The summed E-state index contributed by atoms with van der Waals surface area (Å²) in [6, 6.07) is 13.1. The highest BCUT2D eigenvalue weighted by atomic mass is 16.5. The highest BCUT2D eigenvalue weighted by molar-refractivity contribution is 5.95. The molecule has 130 valence electrons. The molecule has 1 unspecified atom stereocenters. The van der Waals surface area contributed by atoms with Crippen molar-refractivity contribution in [2.75, 3.05) is 19.7 Å². The van der Waals surface area contributed by atoms with Crippen LogP contribution in [0.4, 0.5) is 0 Å². The first kappa shape index (κ1) is 17.1. The number of ether oxygens (including phenoxy) is 1. The van der Waals surface area contributed by atoms with Crippen molar-refractivity contribution in [1.29, 1.82) is 0 Å². The quantitative estimate of drug-likeness (QED) is 0.870. The van der Waals surface area contributed by atoms with E-state index in [1.54, 1.807) is 11.0 Å². The molecule has 2 aromatic rings. The molecular formula is C19H21N3O3. The van der Waals surface area contributed by atoms with E-state index in [2.05, 4.69) is 4.98 Å². The first-order valence-corrected chi connectivity index (χ1v) is 8.30. The molecule has 6 heteroatoms. The van der Waals surface area contributed by atoms with Crippen LogP contribution in [0, 0.1) is 5.92 Å². The van der Waals surface area contributed by atoms with Gasteiger partial charge in [0.05, 0.1) is 18.8 Å². The number of likely N-dealkylation sites (tertiary alicyclic amines) is 1. The Hall–Kier alpha value is -2.73. The van der Waals surface area contributed by atoms with Crippen molar-refractivity contribution in [1.82, 2.24) is 9.88 Å². The molecule has 0 aliphatic carbocycles. The minimum absolute atomic E-state index is 0.124. The van der Waals surface area contributed by atoms with Gasteiger partial charge in [-0.1, -0.05) is 30.3 Å². The van der Waals surface area contributed by atoms with Crippen LogP contribution in [-0.4, -0.2) is 41.4 Å². The minimum atomic E-state index is -0.552. The molecule has 2 amide bonds. The van der Waals surface area contributed by atoms with Gasteiger partial charge in [-0.3, -0.25) is 14.6 Å². The van der Waals surface area contributed by atoms with Crippen LogP contribution in [0.15, 0.2) is 48.7 Å². The molecule has 1 aromatic carbocycles. The van der Waals surface area contributed by atoms with Crippen molar-refractivity contribution in [2.45, 2.75) is 13.0 Å². The zero-order chi connectivity index (χ0) is 17.6. The molecule has 2 heterocycles. The van der Waals surface area contributed by atoms with Crippen molar-refractivity contribution < 1.29 is 14.3 Å². The summed E-state index contributed by atoms with van der Waals surface area (Å²) in [6.07, 6.45) is 2.26. The third-order valence-corrected chi connectivity index (χ3v) is 4.31. The molecule has 1 aromatic heterocycles. The lowest BCUT2D eigenvalue weighted by Gasteiger charge is -2.16. The van der Waals surface area contributed by atoms with E-state index in [1.165, 1.54) is 12.3 Å². The zero-order valence-electron chi connectivity index (χ0n) is 13.9. The Kier molecular flexibility index (Phi) is 5.40. The molecular weight excluding hydrogens is 318 g/mol. The highest BCUT2D eigenvalue weighted by Gasteiger charge is 2.27. The lowest BCUT2D eigenvalue weighted by atomic mass is 10.1. The summed E-state index contributed by atoms with van der Waals surface area (Å²) in [5.74, 6) is -0.345. The summed E-state index contributed by atoms with van der Waals surface area (Å²) in [7, 11) is 0. The second kappa shape index (κ2) is 7.90. The number of pyridine rings is 1. The van der Waals surface area contributed by atoms with Crippen LogP contribution >= 0.6 is 0 Å². The maximum absolute atomic E-state index is 12.5. The van der Waals surface area contributed by atoms with E-state index >= 15 is 0 Å². The average molecular weight is 339 g/mol. The highest BCUT2D eigenvalue weighted by Crippen LogP contribution is 2.19. The number of primary amides is 1. The molecule has 3 rings (SSSR count). The molecule has 0 spiro atoms. The fraction of sp³-hybridized carbons (Fsp3) is 0.316. The van der Waals surface area contributed by atoms with Gasteiger partial charge in [-0.25, -0.2) is 0 Å². The van der Waals surface area contributed by atoms with Crippen molar-refractivity contribution >= 4 is 11.8 Å². The van der Waals surface area contributed by atoms with Gasteiger partial charge < -0.3 is 15.4 Å². The number of hydrogen-bond donors (Lipinski definition) is 1. The predicted molar refractivity (Wildman–Crippen MR) is 92.9 cm³/mol. The van der Waals surface area contributed by atoms with Crippen molar-refractivity contribution in [3.63, 3.8) is 0 Å². The maximum atomic E-state index is 12.5. The molecule has 25 heavy (non-hydrogen) atoms. The Bertz CT molecular complexity index is 731. The van der Waals surface area contributed by atoms with Crippen LogP contribution in [0.5, 0.6) is 0 Å². The van der Waals surface area contributed by atoms with E-state index in [-0.39, 0.29) is 5.91 Å². The summed E-state index contributed by atoms with van der Waals surface area (Å²) in [4.78, 5) is 29.4. The fourth-order valence-corrected chi connectivity index (χ4v) is 2.90. The molecule has 0 radical (unpaired) electrons. The van der Waals surface area contributed by atoms with E-state index < -0.39 is 5.91 Å². The predicted octanol–water partition coefficient (Wildman–Crippen LogP) is 1.86. The molecule has 1 saturated heterocycles. The average Bonchev–Trinajstić information content (AvgIpc) is 3.11. The number of benzene rings is 1. The third-order valence-electron chi connectivity index (χ3n) is 4.31. The SMILES string of the molecule is NC(=O)c1ccc(C(=O)N2CCC(COCc3ccccc3)C2)nc1. The van der Waals surface area contributed by atoms with E-state index in [1.807, 2.05) is 30.3 Å². The number of carbonyl (C=O) groups is 2. The summed E-state index contributed by atoms with van der Waals surface area (Å²) in [5, 5.41) is 0. The molecule has 0 bridgehead atoms. The smallest absolute Gasteiger partial charge is 0.272 e. The Morgan fingerprint density at radius 1 is 1.20 bits per heavy atom. The van der Waals surface area contributed by atoms with Crippen LogP contribution in [0.25, 0.3) is 0 Å². The van der Waals surface area contributed by atoms with Gasteiger partial charge in [0.15, 0.2) is 0 Å². The van der Waals surface area contributed by atoms with Gasteiger partial charge in [0.25, 0.3) is 5.91 Å². The van der Waals surface area contributed by atoms with Crippen molar-refractivity contribution in [2.24, 2.45) is 11.7 Å². The van der Waals surface area contributed by atoms with E-state index in [0.29, 0.717) is 43.5 Å². The van der Waals surface area contributed by atoms with Crippen LogP contribution in [0.1, 0.15) is 32.8 Å². The topological polar surface area (TPSA) is 85.5 Å². The minimum Gasteiger partial charge on any atom is -0.376 e. The molecule has 6 nitrogen and oxygen atoms in total. The third kappa shape index (κ3) is 4.42. The normalized spacial score (nSPS) is 16.8. The summed E-state index contributed by atoms with van der Waals surface area (Å²) in [6.45, 7) is 2.57. The molecule has 1 atom stereocenters. The Labute approximate surface area is 146 Å². The molecule has 1 aliphatic heterocycles. The van der Waals surface area contributed by atoms with Gasteiger partial charge in [-0.15, -0.1) is 0 Å². The lowest BCUT2D eigenvalue weighted by Crippen LogP contribution is -2.30. The first-order chi connectivity index (χ1) is 12.1. The largest absolute Gasteiger partial charge is 0.376 e. The summed E-state index contributed by atoms with van der Waals surface area (Å²) in [5.41, 5.74) is 6.95. The standard InChI is InChI=1S/C19H21N3O3/c20-18(23)16-6-7-17(21-10-16)19(24)22-9-8-15(11-22)13-25-12-14-4-2-1-3-5-14/h1-7,10,15H,8-9,11-13H2,(H2,20,23). The van der Waals surface area contributed by atoms with E-state index in [4.69, 9.17) is 10.5 Å². The molecule has 1 fully saturated rings. The van der Waals surface area contributed by atoms with Gasteiger partial charge in [-0.05, 0) is 24.1 Å². The van der Waals surface area contributed by atoms with Crippen molar-refractivity contribution in [3.8, 4) is 0 Å². The van der Waals surface area contributed by atoms with Gasteiger partial charge >= 0.3 is 0 Å². The number of amides is 2. The maximum Gasteiger partial charge on any atom is 0.272 e. The Morgan fingerprint density at radius 3 is 2.68 bits per heavy atom. The summed E-state index contributed by atoms with van der Waals surface area (Å²) < 4.78 is 5.77. The van der Waals surface area contributed by atoms with Crippen LogP contribution < -0.4 is 5.73 Å². The van der Waals surface area contributed by atoms with Crippen LogP contribution in [0.3, 0.4) is 0 Å². The van der Waals surface area contributed by atoms with Gasteiger partial charge in [0.1, 0.15) is 5.69 Å². The van der Waals surface area contributed by atoms with Crippen LogP contribution in [-0.2, 0) is 11.3 Å². The number of nitrogens with two attached hydrogens (primary N) is 1. The van der Waals surface area contributed by atoms with E-state index in [0.717, 1.165) is 12.0 Å². The number of aromatic nitrogens is 1. The second-order valence-corrected chi connectivity index (χ2v) is 6.20. The number of nitrogens with zero attached hydrogens (tertiary/aromatic N) is 2. The second-order valence-electron chi connectivity index (χ2n) is 6.20. The van der Waals surface area contributed by atoms with E-state index in [9.17, 15) is 9.59 Å². The van der Waals surface area contributed by atoms with Gasteiger partial charge in [0.2, 0.25) is 5.91 Å². The fourth-order valence-electron chi connectivity index (χ4n) is 2.90.